The van der Waals surface area contributed by atoms with Gasteiger partial charge in [0.25, 0.3) is 0 Å². The van der Waals surface area contributed by atoms with Gasteiger partial charge in [-0.05, 0) is 27.7 Å². The Kier molecular flexibility index (Phi) is 11.3. The van der Waals surface area contributed by atoms with Gasteiger partial charge in [0.2, 0.25) is 0 Å². The van der Waals surface area contributed by atoms with Crippen molar-refractivity contribution in [3.05, 3.63) is 0 Å². The summed E-state index contributed by atoms with van der Waals surface area (Å²) in [4.78, 5) is 0. The van der Waals surface area contributed by atoms with Crippen LogP contribution in [0.15, 0.2) is 0 Å². The second kappa shape index (κ2) is 14.0. The number of fused-ring (bicyclic) bond motifs is 1. The van der Waals surface area contributed by atoms with Crippen molar-refractivity contribution in [3.8, 4) is 0 Å². The molecule has 16 heteroatoms. The molecule has 4 aliphatic heterocycles. The maximum Gasteiger partial charge on any atom is 0.190 e. The Bertz CT molecular complexity index is 820. The Balaban J connectivity index is 1.28. The molecular formula is C25H44O16. The molecule has 0 aliphatic carbocycles. The van der Waals surface area contributed by atoms with Crippen LogP contribution in [0, 0.1) is 0 Å². The molecular weight excluding hydrogens is 556 g/mol. The topological polar surface area (TPSA) is 228 Å². The lowest BCUT2D eigenvalue weighted by Crippen LogP contribution is -2.63. The van der Waals surface area contributed by atoms with Crippen molar-refractivity contribution in [2.24, 2.45) is 0 Å². The quantitative estimate of drug-likeness (QED) is 0.0858. The molecule has 11 unspecified atom stereocenters. The van der Waals surface area contributed by atoms with Crippen molar-refractivity contribution in [1.82, 2.24) is 0 Å². The molecule has 240 valence electrons. The van der Waals surface area contributed by atoms with Crippen LogP contribution in [0.4, 0.5) is 0 Å². The van der Waals surface area contributed by atoms with Gasteiger partial charge in [-0.3, -0.25) is 0 Å². The smallest absolute Gasteiger partial charge is 0.190 e. The van der Waals surface area contributed by atoms with Crippen molar-refractivity contribution in [3.63, 3.8) is 0 Å². The van der Waals surface area contributed by atoms with E-state index in [4.69, 9.17) is 42.6 Å². The highest BCUT2D eigenvalue weighted by atomic mass is 16.8. The van der Waals surface area contributed by atoms with Gasteiger partial charge in [0.05, 0.1) is 31.0 Å². The highest BCUT2D eigenvalue weighted by Gasteiger charge is 2.58. The van der Waals surface area contributed by atoms with Crippen LogP contribution in [0.3, 0.4) is 0 Å². The molecule has 4 aliphatic rings. The van der Waals surface area contributed by atoms with Crippen LogP contribution >= 0.6 is 0 Å². The number of ether oxygens (including phenoxy) is 9. The molecule has 4 saturated heterocycles. The lowest BCUT2D eigenvalue weighted by molar-refractivity contribution is -0.352. The summed E-state index contributed by atoms with van der Waals surface area (Å²) in [6.45, 7) is 5.86. The number of hydrogen-bond donors (Lipinski definition) is 7. The maximum atomic E-state index is 10.8. The molecule has 4 fully saturated rings. The molecule has 0 aromatic heterocycles. The van der Waals surface area contributed by atoms with E-state index in [9.17, 15) is 35.7 Å². The molecule has 4 rings (SSSR count). The fourth-order valence-electron chi connectivity index (χ4n) is 5.30. The molecule has 0 amide bonds. The van der Waals surface area contributed by atoms with Crippen LogP contribution in [0.5, 0.6) is 0 Å². The third kappa shape index (κ3) is 7.54. The second-order valence-corrected chi connectivity index (χ2v) is 11.0. The lowest BCUT2D eigenvalue weighted by Gasteiger charge is -2.44. The van der Waals surface area contributed by atoms with Gasteiger partial charge in [-0.1, -0.05) is 0 Å². The number of methoxy groups -OCH3 is 1. The van der Waals surface area contributed by atoms with E-state index in [-0.39, 0.29) is 6.10 Å². The molecule has 16 nitrogen and oxygen atoms in total. The predicted molar refractivity (Wildman–Crippen MR) is 132 cm³/mol. The number of aliphatic hydroxyl groups is 7. The average Bonchev–Trinajstić information content (AvgIpc) is 3.71. The molecule has 18 atom stereocenters. The molecule has 0 saturated carbocycles. The Morgan fingerprint density at radius 1 is 0.780 bits per heavy atom. The molecule has 0 radical (unpaired) electrons. The molecule has 0 bridgehead atoms. The van der Waals surface area contributed by atoms with Crippen LogP contribution in [0.25, 0.3) is 0 Å². The number of aliphatic hydroxyl groups excluding tert-OH is 7. The first-order chi connectivity index (χ1) is 19.4. The van der Waals surface area contributed by atoms with Gasteiger partial charge in [0.15, 0.2) is 31.5 Å². The minimum atomic E-state index is -1.68. The summed E-state index contributed by atoms with van der Waals surface area (Å²) >= 11 is 0. The normalized spacial score (nSPS) is 47.7. The summed E-state index contributed by atoms with van der Waals surface area (Å²) < 4.78 is 49.6. The Morgan fingerprint density at radius 2 is 1.46 bits per heavy atom. The third-order valence-electron chi connectivity index (χ3n) is 7.73. The first-order valence-electron chi connectivity index (χ1n) is 13.8. The van der Waals surface area contributed by atoms with Crippen molar-refractivity contribution in [2.75, 3.05) is 13.7 Å². The Labute approximate surface area is 237 Å². The second-order valence-electron chi connectivity index (χ2n) is 11.0. The highest BCUT2D eigenvalue weighted by Crippen LogP contribution is 2.37. The fraction of sp³-hybridized carbons (Fsp3) is 1.00. The zero-order valence-electron chi connectivity index (χ0n) is 23.6. The SMILES string of the molecule is CO[C@@H]1OC(C)CC(O[C@@H](C)OC(C)[C@H](O)C(C)O[C@@H]2OC(CO)[C@@H](O[C@H]3OC4O[C@@H]4C(O)C3O)C(O)C2O)C1O. The number of hydrogen-bond acceptors (Lipinski definition) is 16. The summed E-state index contributed by atoms with van der Waals surface area (Å²) in [7, 11) is 1.42. The fourth-order valence-corrected chi connectivity index (χ4v) is 5.30. The van der Waals surface area contributed by atoms with Crippen LogP contribution in [-0.4, -0.2) is 160 Å². The molecule has 0 spiro atoms. The molecule has 41 heavy (non-hydrogen) atoms. The van der Waals surface area contributed by atoms with Gasteiger partial charge < -0.3 is 78.4 Å². The minimum Gasteiger partial charge on any atom is -0.394 e. The van der Waals surface area contributed by atoms with Gasteiger partial charge in [0.1, 0.15) is 54.9 Å². The van der Waals surface area contributed by atoms with E-state index in [1.54, 1.807) is 13.8 Å². The van der Waals surface area contributed by atoms with E-state index >= 15 is 0 Å². The number of rotatable bonds is 12. The van der Waals surface area contributed by atoms with Gasteiger partial charge >= 0.3 is 0 Å². The van der Waals surface area contributed by atoms with Crippen LogP contribution < -0.4 is 0 Å². The summed E-state index contributed by atoms with van der Waals surface area (Å²) in [6.07, 6.45) is -19.3. The van der Waals surface area contributed by atoms with Crippen molar-refractivity contribution in [1.29, 1.82) is 0 Å². The highest BCUT2D eigenvalue weighted by molar-refractivity contribution is 4.97. The van der Waals surface area contributed by atoms with Crippen molar-refractivity contribution >= 4 is 0 Å². The first-order valence-corrected chi connectivity index (χ1v) is 13.8. The third-order valence-corrected chi connectivity index (χ3v) is 7.73. The summed E-state index contributed by atoms with van der Waals surface area (Å²) in [5.41, 5.74) is 0. The maximum absolute atomic E-state index is 10.8. The minimum absolute atomic E-state index is 0.214. The van der Waals surface area contributed by atoms with Crippen LogP contribution in [0.1, 0.15) is 34.1 Å². The molecule has 0 aromatic carbocycles. The van der Waals surface area contributed by atoms with Gasteiger partial charge in [-0.25, -0.2) is 0 Å². The van der Waals surface area contributed by atoms with Gasteiger partial charge in [0, 0.05) is 13.5 Å². The van der Waals surface area contributed by atoms with E-state index in [0.29, 0.717) is 6.42 Å². The summed E-state index contributed by atoms with van der Waals surface area (Å²) in [5.74, 6) is 0. The monoisotopic (exact) mass is 600 g/mol. The number of epoxide rings is 1. The predicted octanol–water partition coefficient (Wildman–Crippen LogP) is -3.34. The Morgan fingerprint density at radius 3 is 2.12 bits per heavy atom. The van der Waals surface area contributed by atoms with E-state index in [2.05, 4.69) is 0 Å². The van der Waals surface area contributed by atoms with E-state index in [1.807, 2.05) is 6.92 Å². The lowest BCUT2D eigenvalue weighted by atomic mass is 9.98. The zero-order valence-corrected chi connectivity index (χ0v) is 23.6. The summed E-state index contributed by atoms with van der Waals surface area (Å²) in [6, 6.07) is 0. The van der Waals surface area contributed by atoms with E-state index < -0.39 is 111 Å². The zero-order chi connectivity index (χ0) is 30.2. The van der Waals surface area contributed by atoms with Crippen LogP contribution in [0.2, 0.25) is 0 Å². The van der Waals surface area contributed by atoms with E-state index in [1.165, 1.54) is 14.0 Å². The summed E-state index contributed by atoms with van der Waals surface area (Å²) in [5, 5.41) is 72.9. The molecule has 7 N–H and O–H groups in total. The van der Waals surface area contributed by atoms with Gasteiger partial charge in [-0.2, -0.15) is 0 Å². The largest absolute Gasteiger partial charge is 0.394 e. The van der Waals surface area contributed by atoms with Gasteiger partial charge in [-0.15, -0.1) is 0 Å². The molecule has 4 heterocycles. The van der Waals surface area contributed by atoms with E-state index in [0.717, 1.165) is 0 Å². The van der Waals surface area contributed by atoms with Crippen molar-refractivity contribution in [2.45, 2.75) is 145 Å². The van der Waals surface area contributed by atoms with Crippen LogP contribution in [-0.2, 0) is 42.6 Å². The van der Waals surface area contributed by atoms with Crippen molar-refractivity contribution < 1.29 is 78.4 Å². The average molecular weight is 601 g/mol. The standard InChI is InChI=1S/C25H44O16/c1-8-6-12(15(28)22(33-5)34-8)37-11(4)35-9(2)14(27)10(3)36-23-18(31)16(29)20(13(7-26)38-23)39-24-19(32)17(30)21-25(40-21)41-24/h8-32H,6-7H2,1-5H3/t8?,9?,10?,11-,12?,13?,14-,15?,16?,17?,18?,19?,20+,21+,22+,23+,24-,25?/m0/s1. The Hall–Kier alpha value is -0.640. The molecule has 0 aromatic rings. The first kappa shape index (κ1) is 33.3.